The lowest BCUT2D eigenvalue weighted by atomic mass is 9.90. The summed E-state index contributed by atoms with van der Waals surface area (Å²) in [4.78, 5) is 2.86. The summed E-state index contributed by atoms with van der Waals surface area (Å²) in [7, 11) is 0. The topological polar surface area (TPSA) is 15.3 Å². The fourth-order valence-electron chi connectivity index (χ4n) is 3.73. The van der Waals surface area contributed by atoms with Gasteiger partial charge in [0.15, 0.2) is 0 Å². The van der Waals surface area contributed by atoms with Gasteiger partial charge in [-0.15, -0.1) is 0 Å². The van der Waals surface area contributed by atoms with Gasteiger partial charge in [0.25, 0.3) is 0 Å². The molecule has 2 aliphatic rings. The van der Waals surface area contributed by atoms with Crippen molar-refractivity contribution < 1.29 is 0 Å². The van der Waals surface area contributed by atoms with Crippen molar-refractivity contribution in [3.63, 3.8) is 0 Å². The van der Waals surface area contributed by atoms with E-state index in [0.29, 0.717) is 5.54 Å². The first-order valence-corrected chi connectivity index (χ1v) is 9.11. The number of hydrogen-bond acceptors (Lipinski definition) is 2. The van der Waals surface area contributed by atoms with E-state index in [4.69, 9.17) is 0 Å². The van der Waals surface area contributed by atoms with Crippen LogP contribution in [0, 0.1) is 11.8 Å². The van der Waals surface area contributed by atoms with Crippen LogP contribution in [0.4, 0.5) is 0 Å². The number of nitrogens with one attached hydrogen (secondary N) is 1. The van der Waals surface area contributed by atoms with E-state index in [1.165, 1.54) is 64.6 Å². The Labute approximate surface area is 126 Å². The predicted octanol–water partition coefficient (Wildman–Crippen LogP) is 4.06. The SMILES string of the molecule is CCCCC(CC)CN1CC(C)(CC)NCC1C1CC1. The highest BCUT2D eigenvalue weighted by Gasteiger charge is 2.42. The molecule has 3 unspecified atom stereocenters. The maximum absolute atomic E-state index is 3.84. The largest absolute Gasteiger partial charge is 0.309 e. The summed E-state index contributed by atoms with van der Waals surface area (Å²) < 4.78 is 0. The lowest BCUT2D eigenvalue weighted by molar-refractivity contribution is 0.0564. The molecule has 1 heterocycles. The normalized spacial score (nSPS) is 33.3. The molecule has 0 aromatic rings. The molecule has 0 amide bonds. The smallest absolute Gasteiger partial charge is 0.0278 e. The van der Waals surface area contributed by atoms with Gasteiger partial charge in [-0.05, 0) is 44.4 Å². The number of nitrogens with zero attached hydrogens (tertiary/aromatic N) is 1. The van der Waals surface area contributed by atoms with Gasteiger partial charge < -0.3 is 5.32 Å². The maximum atomic E-state index is 3.84. The van der Waals surface area contributed by atoms with E-state index in [1.807, 2.05) is 0 Å². The fourth-order valence-corrected chi connectivity index (χ4v) is 3.73. The van der Waals surface area contributed by atoms with Crippen LogP contribution in [0.1, 0.15) is 72.6 Å². The quantitative estimate of drug-likeness (QED) is 0.721. The second-order valence-electron chi connectivity index (χ2n) is 7.55. The lowest BCUT2D eigenvalue weighted by Gasteiger charge is -2.47. The van der Waals surface area contributed by atoms with Gasteiger partial charge in [-0.1, -0.05) is 40.0 Å². The van der Waals surface area contributed by atoms with Gasteiger partial charge >= 0.3 is 0 Å². The molecule has 2 heteroatoms. The summed E-state index contributed by atoms with van der Waals surface area (Å²) in [6.45, 7) is 13.3. The fraction of sp³-hybridized carbons (Fsp3) is 1.00. The molecule has 0 spiro atoms. The van der Waals surface area contributed by atoms with E-state index in [2.05, 4.69) is 37.9 Å². The van der Waals surface area contributed by atoms with Crippen molar-refractivity contribution in [3.05, 3.63) is 0 Å². The minimum Gasteiger partial charge on any atom is -0.309 e. The zero-order chi connectivity index (χ0) is 14.6. The zero-order valence-electron chi connectivity index (χ0n) is 14.3. The molecule has 0 bridgehead atoms. The molecule has 1 aliphatic heterocycles. The summed E-state index contributed by atoms with van der Waals surface area (Å²) in [6, 6.07) is 0.824. The summed E-state index contributed by atoms with van der Waals surface area (Å²) in [5, 5.41) is 3.84. The van der Waals surface area contributed by atoms with Gasteiger partial charge in [0.05, 0.1) is 0 Å². The van der Waals surface area contributed by atoms with Crippen LogP contribution in [0.25, 0.3) is 0 Å². The molecule has 3 atom stereocenters. The first kappa shape index (κ1) is 16.3. The van der Waals surface area contributed by atoms with Crippen molar-refractivity contribution >= 4 is 0 Å². The number of hydrogen-bond donors (Lipinski definition) is 1. The van der Waals surface area contributed by atoms with E-state index in [9.17, 15) is 0 Å². The third kappa shape index (κ3) is 4.21. The van der Waals surface area contributed by atoms with Crippen LogP contribution in [0.3, 0.4) is 0 Å². The van der Waals surface area contributed by atoms with Crippen molar-refractivity contribution in [1.29, 1.82) is 0 Å². The Balaban J connectivity index is 1.95. The molecule has 20 heavy (non-hydrogen) atoms. The molecule has 0 aromatic carbocycles. The highest BCUT2D eigenvalue weighted by molar-refractivity contribution is 5.00. The third-order valence-corrected chi connectivity index (χ3v) is 5.74. The van der Waals surface area contributed by atoms with Gasteiger partial charge in [0, 0.05) is 31.2 Å². The summed E-state index contributed by atoms with van der Waals surface area (Å²) in [5.74, 6) is 1.91. The van der Waals surface area contributed by atoms with Crippen LogP contribution in [-0.4, -0.2) is 36.1 Å². The highest BCUT2D eigenvalue weighted by atomic mass is 15.3. The summed E-state index contributed by atoms with van der Waals surface area (Å²) in [5.41, 5.74) is 0.342. The Bertz CT molecular complexity index is 287. The van der Waals surface area contributed by atoms with Crippen LogP contribution < -0.4 is 5.32 Å². The Kier molecular flexibility index (Phi) is 5.92. The van der Waals surface area contributed by atoms with E-state index in [0.717, 1.165) is 17.9 Å². The Morgan fingerprint density at radius 3 is 2.55 bits per heavy atom. The Morgan fingerprint density at radius 2 is 2.00 bits per heavy atom. The molecule has 0 radical (unpaired) electrons. The van der Waals surface area contributed by atoms with Crippen LogP contribution in [0.2, 0.25) is 0 Å². The third-order valence-electron chi connectivity index (χ3n) is 5.74. The van der Waals surface area contributed by atoms with Crippen molar-refractivity contribution in [2.24, 2.45) is 11.8 Å². The summed E-state index contributed by atoms with van der Waals surface area (Å²) >= 11 is 0. The van der Waals surface area contributed by atoms with E-state index >= 15 is 0 Å². The van der Waals surface area contributed by atoms with Crippen LogP contribution >= 0.6 is 0 Å². The van der Waals surface area contributed by atoms with Crippen molar-refractivity contribution in [3.8, 4) is 0 Å². The molecule has 118 valence electrons. The number of rotatable bonds is 8. The van der Waals surface area contributed by atoms with Gasteiger partial charge in [0.2, 0.25) is 0 Å². The average Bonchev–Trinajstić information content (AvgIpc) is 3.28. The lowest BCUT2D eigenvalue weighted by Crippen LogP contribution is -2.63. The van der Waals surface area contributed by atoms with Crippen molar-refractivity contribution in [2.45, 2.75) is 84.2 Å². The Morgan fingerprint density at radius 1 is 1.25 bits per heavy atom. The molecule has 1 aliphatic carbocycles. The highest BCUT2D eigenvalue weighted by Crippen LogP contribution is 2.38. The van der Waals surface area contributed by atoms with Crippen LogP contribution in [0.15, 0.2) is 0 Å². The van der Waals surface area contributed by atoms with E-state index in [1.54, 1.807) is 0 Å². The minimum atomic E-state index is 0.342. The van der Waals surface area contributed by atoms with Gasteiger partial charge in [-0.25, -0.2) is 0 Å². The first-order chi connectivity index (χ1) is 9.61. The van der Waals surface area contributed by atoms with Crippen LogP contribution in [0.5, 0.6) is 0 Å². The minimum absolute atomic E-state index is 0.342. The molecule has 1 saturated carbocycles. The second-order valence-corrected chi connectivity index (χ2v) is 7.55. The monoisotopic (exact) mass is 280 g/mol. The number of piperazine rings is 1. The molecular weight excluding hydrogens is 244 g/mol. The summed E-state index contributed by atoms with van der Waals surface area (Å²) in [6.07, 6.45) is 9.71. The zero-order valence-corrected chi connectivity index (χ0v) is 14.3. The molecule has 2 rings (SSSR count). The van der Waals surface area contributed by atoms with Gasteiger partial charge in [-0.3, -0.25) is 4.90 Å². The molecule has 2 fully saturated rings. The Hall–Kier alpha value is -0.0800. The maximum Gasteiger partial charge on any atom is 0.0278 e. The van der Waals surface area contributed by atoms with Crippen LogP contribution in [-0.2, 0) is 0 Å². The molecular formula is C18H36N2. The van der Waals surface area contributed by atoms with Gasteiger partial charge in [-0.2, -0.15) is 0 Å². The molecule has 2 nitrogen and oxygen atoms in total. The van der Waals surface area contributed by atoms with E-state index < -0.39 is 0 Å². The standard InChI is InChI=1S/C18H36N2/c1-5-8-9-15(6-2)13-20-14-18(4,7-3)19-12-17(20)16-10-11-16/h15-17,19H,5-14H2,1-4H3. The molecule has 1 N–H and O–H groups in total. The predicted molar refractivity (Wildman–Crippen MR) is 88.1 cm³/mol. The van der Waals surface area contributed by atoms with Gasteiger partial charge in [0.1, 0.15) is 0 Å². The van der Waals surface area contributed by atoms with Crippen molar-refractivity contribution in [1.82, 2.24) is 10.2 Å². The number of unbranched alkanes of at least 4 members (excludes halogenated alkanes) is 1. The first-order valence-electron chi connectivity index (χ1n) is 9.11. The second kappa shape index (κ2) is 7.26. The van der Waals surface area contributed by atoms with E-state index in [-0.39, 0.29) is 0 Å². The molecule has 0 aromatic heterocycles. The van der Waals surface area contributed by atoms with Crippen molar-refractivity contribution in [2.75, 3.05) is 19.6 Å². The average molecular weight is 281 g/mol. The molecule has 1 saturated heterocycles.